The highest BCUT2D eigenvalue weighted by Crippen LogP contribution is 2.32. The van der Waals surface area contributed by atoms with E-state index in [1.165, 1.54) is 17.7 Å². The molecule has 0 bridgehead atoms. The Morgan fingerprint density at radius 1 is 1.37 bits per heavy atom. The molecule has 7 heteroatoms. The molecule has 0 aliphatic heterocycles. The molecule has 100 valence electrons. The van der Waals surface area contributed by atoms with Crippen LogP contribution in [0.4, 0.5) is 10.8 Å². The number of nitrogens with one attached hydrogen (secondary N) is 1. The molecule has 0 amide bonds. The van der Waals surface area contributed by atoms with Crippen LogP contribution in [0.2, 0.25) is 0 Å². The predicted molar refractivity (Wildman–Crippen MR) is 71.6 cm³/mol. The lowest BCUT2D eigenvalue weighted by molar-refractivity contribution is 0.386. The molecule has 6 nitrogen and oxygen atoms in total. The van der Waals surface area contributed by atoms with Crippen LogP contribution in [0.3, 0.4) is 0 Å². The van der Waals surface area contributed by atoms with E-state index in [2.05, 4.69) is 20.4 Å². The van der Waals surface area contributed by atoms with E-state index in [1.807, 2.05) is 6.92 Å². The smallest absolute Gasteiger partial charge is 0.336 e. The number of thiazole rings is 1. The highest BCUT2D eigenvalue weighted by molar-refractivity contribution is 7.15. The van der Waals surface area contributed by atoms with Crippen molar-refractivity contribution in [3.8, 4) is 0 Å². The van der Waals surface area contributed by atoms with Gasteiger partial charge in [0.1, 0.15) is 0 Å². The van der Waals surface area contributed by atoms with Gasteiger partial charge in [-0.15, -0.1) is 10.2 Å². The van der Waals surface area contributed by atoms with Crippen molar-refractivity contribution in [1.82, 2.24) is 10.1 Å². The lowest BCUT2D eigenvalue weighted by atomic mass is 10.0. The van der Waals surface area contributed by atoms with E-state index in [-0.39, 0.29) is 5.69 Å². The van der Waals surface area contributed by atoms with Crippen LogP contribution < -0.4 is 5.63 Å². The van der Waals surface area contributed by atoms with E-state index in [0.717, 1.165) is 18.5 Å². The first kappa shape index (κ1) is 12.3. The summed E-state index contributed by atoms with van der Waals surface area (Å²) in [5.41, 5.74) is 1.56. The first-order valence-electron chi connectivity index (χ1n) is 6.38. The van der Waals surface area contributed by atoms with Gasteiger partial charge >= 0.3 is 5.63 Å². The lowest BCUT2D eigenvalue weighted by Crippen LogP contribution is -1.98. The largest absolute Gasteiger partial charge is 0.384 e. The van der Waals surface area contributed by atoms with Crippen LogP contribution in [-0.2, 0) is 19.3 Å². The zero-order chi connectivity index (χ0) is 13.2. The second-order valence-corrected chi connectivity index (χ2v) is 5.51. The van der Waals surface area contributed by atoms with Crippen molar-refractivity contribution in [2.24, 2.45) is 10.2 Å². The standard InChI is InChI=1S/C12H14N4O2S/c1-2-7-10(11(17)18-16-7)14-15-12-13-8-5-3-4-6-9(8)19-12/h16H,2-6H2,1H3. The summed E-state index contributed by atoms with van der Waals surface area (Å²) in [5, 5.41) is 11.2. The quantitative estimate of drug-likeness (QED) is 0.874. The Morgan fingerprint density at radius 3 is 3.00 bits per heavy atom. The monoisotopic (exact) mass is 278 g/mol. The topological polar surface area (TPSA) is 83.6 Å². The van der Waals surface area contributed by atoms with Crippen molar-refractivity contribution in [2.45, 2.75) is 39.0 Å². The van der Waals surface area contributed by atoms with Gasteiger partial charge in [0, 0.05) is 4.88 Å². The van der Waals surface area contributed by atoms with Crippen LogP contribution in [0.25, 0.3) is 0 Å². The summed E-state index contributed by atoms with van der Waals surface area (Å²) >= 11 is 1.56. The molecule has 2 heterocycles. The van der Waals surface area contributed by atoms with Gasteiger partial charge in [-0.2, -0.15) is 0 Å². The molecule has 0 aromatic carbocycles. The molecular formula is C12H14N4O2S. The SMILES string of the molecule is CCc1[nH]oc(=O)c1N=Nc1nc2c(s1)CCCC2. The Balaban J connectivity index is 1.88. The molecule has 0 spiro atoms. The van der Waals surface area contributed by atoms with E-state index in [9.17, 15) is 4.79 Å². The molecule has 3 rings (SSSR count). The maximum Gasteiger partial charge on any atom is 0.384 e. The van der Waals surface area contributed by atoms with Crippen LogP contribution in [0.1, 0.15) is 36.0 Å². The Labute approximate surface area is 113 Å². The molecule has 1 aliphatic rings. The van der Waals surface area contributed by atoms with Gasteiger partial charge < -0.3 is 4.52 Å². The van der Waals surface area contributed by atoms with Gasteiger partial charge in [-0.1, -0.05) is 18.3 Å². The van der Waals surface area contributed by atoms with Gasteiger partial charge in [0.05, 0.1) is 11.4 Å². The molecule has 0 saturated carbocycles. The minimum atomic E-state index is -0.484. The summed E-state index contributed by atoms with van der Waals surface area (Å²) in [5.74, 6) is 0. The number of azo groups is 1. The molecule has 0 unspecified atom stereocenters. The maximum atomic E-state index is 11.4. The van der Waals surface area contributed by atoms with Crippen molar-refractivity contribution in [3.05, 3.63) is 26.7 Å². The number of H-pyrrole nitrogens is 1. The third-order valence-corrected chi connectivity index (χ3v) is 4.21. The van der Waals surface area contributed by atoms with Crippen LogP contribution in [0.5, 0.6) is 0 Å². The Hall–Kier alpha value is -1.76. The molecule has 2 aromatic rings. The van der Waals surface area contributed by atoms with Crippen molar-refractivity contribution in [2.75, 3.05) is 0 Å². The van der Waals surface area contributed by atoms with Crippen molar-refractivity contribution in [3.63, 3.8) is 0 Å². The van der Waals surface area contributed by atoms with E-state index < -0.39 is 5.63 Å². The van der Waals surface area contributed by atoms with Crippen LogP contribution in [0, 0.1) is 0 Å². The molecule has 1 N–H and O–H groups in total. The molecular weight excluding hydrogens is 264 g/mol. The lowest BCUT2D eigenvalue weighted by Gasteiger charge is -2.06. The molecule has 1 aliphatic carbocycles. The number of hydrogen-bond donors (Lipinski definition) is 1. The minimum Gasteiger partial charge on any atom is -0.336 e. The molecule has 0 fully saturated rings. The molecule has 19 heavy (non-hydrogen) atoms. The predicted octanol–water partition coefficient (Wildman–Crippen LogP) is 3.28. The third kappa shape index (κ3) is 2.37. The fraction of sp³-hybridized carbons (Fsp3) is 0.500. The average molecular weight is 278 g/mol. The fourth-order valence-electron chi connectivity index (χ4n) is 2.14. The highest BCUT2D eigenvalue weighted by Gasteiger charge is 2.15. The van der Waals surface area contributed by atoms with Crippen LogP contribution >= 0.6 is 11.3 Å². The average Bonchev–Trinajstić information content (AvgIpc) is 2.99. The number of fused-ring (bicyclic) bond motifs is 1. The van der Waals surface area contributed by atoms with Gasteiger partial charge in [0.2, 0.25) is 5.13 Å². The van der Waals surface area contributed by atoms with E-state index in [4.69, 9.17) is 4.52 Å². The summed E-state index contributed by atoms with van der Waals surface area (Å²) in [4.78, 5) is 17.2. The van der Waals surface area contributed by atoms with E-state index >= 15 is 0 Å². The summed E-state index contributed by atoms with van der Waals surface area (Å²) in [6, 6.07) is 0. The van der Waals surface area contributed by atoms with Crippen LogP contribution in [-0.4, -0.2) is 10.1 Å². The third-order valence-electron chi connectivity index (χ3n) is 3.17. The van der Waals surface area contributed by atoms with Crippen molar-refractivity contribution >= 4 is 22.2 Å². The number of aryl methyl sites for hydroxylation is 3. The Morgan fingerprint density at radius 2 is 2.21 bits per heavy atom. The Bertz CT molecular complexity index is 644. The molecule has 0 atom stereocenters. The van der Waals surface area contributed by atoms with E-state index in [1.54, 1.807) is 11.3 Å². The maximum absolute atomic E-state index is 11.4. The minimum absolute atomic E-state index is 0.246. The second kappa shape index (κ2) is 5.08. The van der Waals surface area contributed by atoms with Gasteiger partial charge in [-0.25, -0.2) is 14.9 Å². The number of rotatable bonds is 3. The van der Waals surface area contributed by atoms with Gasteiger partial charge in [0.25, 0.3) is 0 Å². The number of nitrogens with zero attached hydrogens (tertiary/aromatic N) is 3. The normalized spacial score (nSPS) is 15.0. The summed E-state index contributed by atoms with van der Waals surface area (Å²) in [6.45, 7) is 1.92. The Kier molecular flexibility index (Phi) is 3.29. The summed E-state index contributed by atoms with van der Waals surface area (Å²) in [7, 11) is 0. The molecule has 2 aromatic heterocycles. The van der Waals surface area contributed by atoms with E-state index in [0.29, 0.717) is 17.2 Å². The molecule has 0 radical (unpaired) electrons. The first-order valence-corrected chi connectivity index (χ1v) is 7.20. The van der Waals surface area contributed by atoms with Crippen molar-refractivity contribution in [1.29, 1.82) is 0 Å². The number of aromatic amines is 1. The van der Waals surface area contributed by atoms with Crippen LogP contribution in [0.15, 0.2) is 19.5 Å². The van der Waals surface area contributed by atoms with Gasteiger partial charge in [-0.3, -0.25) is 0 Å². The van der Waals surface area contributed by atoms with Gasteiger partial charge in [-0.05, 0) is 32.1 Å². The second-order valence-electron chi connectivity index (χ2n) is 4.45. The van der Waals surface area contributed by atoms with Gasteiger partial charge in [0.15, 0.2) is 5.69 Å². The first-order chi connectivity index (χ1) is 9.28. The summed E-state index contributed by atoms with van der Waals surface area (Å²) in [6.07, 6.45) is 5.15. The summed E-state index contributed by atoms with van der Waals surface area (Å²) < 4.78 is 4.70. The zero-order valence-electron chi connectivity index (χ0n) is 10.6. The molecule has 0 saturated heterocycles. The number of hydrogen-bond acceptors (Lipinski definition) is 6. The zero-order valence-corrected chi connectivity index (χ0v) is 11.4. The highest BCUT2D eigenvalue weighted by atomic mass is 32.1. The fourth-order valence-corrected chi connectivity index (χ4v) is 3.11. The van der Waals surface area contributed by atoms with Crippen molar-refractivity contribution < 1.29 is 4.52 Å². The number of aromatic nitrogens is 2.